The summed E-state index contributed by atoms with van der Waals surface area (Å²) in [5, 5.41) is 3.56. The Bertz CT molecular complexity index is 496. The predicted molar refractivity (Wildman–Crippen MR) is 88.1 cm³/mol. The fraction of sp³-hybridized carbons (Fsp3) is 0.688. The number of rotatable bonds is 4. The molecule has 1 aromatic heterocycles. The highest BCUT2D eigenvalue weighted by Gasteiger charge is 2.23. The summed E-state index contributed by atoms with van der Waals surface area (Å²) in [6, 6.07) is 2.48. The van der Waals surface area contributed by atoms with Gasteiger partial charge < -0.3 is 10.2 Å². The van der Waals surface area contributed by atoms with E-state index in [1.807, 2.05) is 4.90 Å². The Morgan fingerprint density at radius 3 is 2.95 bits per heavy atom. The van der Waals surface area contributed by atoms with Crippen molar-refractivity contribution in [3.8, 4) is 0 Å². The Labute approximate surface area is 135 Å². The maximum atomic E-state index is 12.2. The number of hydrogen-bond acceptors (Lipinski definition) is 3. The van der Waals surface area contributed by atoms with Crippen LogP contribution in [0.5, 0.6) is 0 Å². The lowest BCUT2D eigenvalue weighted by Crippen LogP contribution is -2.37. The molecule has 116 valence electrons. The van der Waals surface area contributed by atoms with Gasteiger partial charge in [-0.25, -0.2) is 0 Å². The minimum atomic E-state index is 0.307. The standard InChI is InChI=1S/C16H23ClN2OS/c17-15-11-12-13(5-4-6-14(12)21-15)18-8-7-16(20)19-9-2-1-3-10-19/h11,13,18H,1-10H2. The molecule has 1 saturated heterocycles. The zero-order chi connectivity index (χ0) is 14.7. The van der Waals surface area contributed by atoms with Gasteiger partial charge in [-0.3, -0.25) is 4.79 Å². The second-order valence-corrected chi connectivity index (χ2v) is 7.79. The Hall–Kier alpha value is -0.580. The Balaban J connectivity index is 1.48. The molecule has 1 aliphatic heterocycles. The number of fused-ring (bicyclic) bond motifs is 1. The molecule has 0 bridgehead atoms. The molecule has 0 radical (unpaired) electrons. The third-order valence-corrected chi connectivity index (χ3v) is 5.86. The number of amides is 1. The van der Waals surface area contributed by atoms with Crippen molar-refractivity contribution in [1.29, 1.82) is 0 Å². The highest BCUT2D eigenvalue weighted by molar-refractivity contribution is 7.16. The van der Waals surface area contributed by atoms with Crippen LogP contribution in [0, 0.1) is 0 Å². The van der Waals surface area contributed by atoms with Gasteiger partial charge in [0.05, 0.1) is 4.34 Å². The molecule has 5 heteroatoms. The number of likely N-dealkylation sites (tertiary alicyclic amines) is 1. The molecule has 21 heavy (non-hydrogen) atoms. The van der Waals surface area contributed by atoms with E-state index in [0.717, 1.165) is 36.8 Å². The first-order valence-electron chi connectivity index (χ1n) is 8.03. The van der Waals surface area contributed by atoms with Crippen molar-refractivity contribution in [2.24, 2.45) is 0 Å². The summed E-state index contributed by atoms with van der Waals surface area (Å²) in [4.78, 5) is 15.6. The van der Waals surface area contributed by atoms with Crippen molar-refractivity contribution in [3.63, 3.8) is 0 Å². The topological polar surface area (TPSA) is 32.3 Å². The number of hydrogen-bond donors (Lipinski definition) is 1. The molecule has 1 unspecified atom stereocenters. The van der Waals surface area contributed by atoms with Crippen molar-refractivity contribution in [2.45, 2.75) is 51.0 Å². The van der Waals surface area contributed by atoms with Crippen LogP contribution in [0.4, 0.5) is 0 Å². The largest absolute Gasteiger partial charge is 0.343 e. The van der Waals surface area contributed by atoms with E-state index in [2.05, 4.69) is 11.4 Å². The number of carbonyl (C=O) groups excluding carboxylic acids is 1. The molecule has 2 aliphatic rings. The maximum absolute atomic E-state index is 12.2. The van der Waals surface area contributed by atoms with Gasteiger partial charge in [-0.2, -0.15) is 0 Å². The van der Waals surface area contributed by atoms with Gasteiger partial charge in [0.15, 0.2) is 0 Å². The highest BCUT2D eigenvalue weighted by atomic mass is 35.5. The first-order valence-corrected chi connectivity index (χ1v) is 9.23. The van der Waals surface area contributed by atoms with Crippen LogP contribution in [0.2, 0.25) is 4.34 Å². The van der Waals surface area contributed by atoms with Gasteiger partial charge in [0.25, 0.3) is 0 Å². The molecule has 0 aromatic carbocycles. The molecule has 1 N–H and O–H groups in total. The Kier molecular flexibility index (Phi) is 5.19. The van der Waals surface area contributed by atoms with Crippen LogP contribution in [0.1, 0.15) is 55.0 Å². The predicted octanol–water partition coefficient (Wildman–Crippen LogP) is 3.77. The van der Waals surface area contributed by atoms with Crippen LogP contribution in [0.15, 0.2) is 6.07 Å². The number of halogens is 1. The molecule has 0 saturated carbocycles. The first-order chi connectivity index (χ1) is 10.2. The monoisotopic (exact) mass is 326 g/mol. The smallest absolute Gasteiger partial charge is 0.223 e. The number of piperidine rings is 1. The number of nitrogens with one attached hydrogen (secondary N) is 1. The van der Waals surface area contributed by atoms with Gasteiger partial charge in [0, 0.05) is 37.0 Å². The number of aryl methyl sites for hydroxylation is 1. The average molecular weight is 327 g/mol. The van der Waals surface area contributed by atoms with E-state index in [-0.39, 0.29) is 0 Å². The lowest BCUT2D eigenvalue weighted by atomic mass is 9.94. The number of nitrogens with zero attached hydrogens (tertiary/aromatic N) is 1. The zero-order valence-electron chi connectivity index (χ0n) is 12.4. The Morgan fingerprint density at radius 1 is 1.33 bits per heavy atom. The van der Waals surface area contributed by atoms with Crippen molar-refractivity contribution >= 4 is 28.8 Å². The number of carbonyl (C=O) groups is 1. The molecule has 0 spiro atoms. The summed E-state index contributed by atoms with van der Waals surface area (Å²) in [5.41, 5.74) is 1.36. The van der Waals surface area contributed by atoms with Crippen molar-refractivity contribution < 1.29 is 4.79 Å². The van der Waals surface area contributed by atoms with Crippen LogP contribution in [0.25, 0.3) is 0 Å². The molecule has 1 fully saturated rings. The lowest BCUT2D eigenvalue weighted by molar-refractivity contribution is -0.132. The summed E-state index contributed by atoms with van der Waals surface area (Å²) < 4.78 is 0.887. The van der Waals surface area contributed by atoms with Gasteiger partial charge in [0.1, 0.15) is 0 Å². The third kappa shape index (κ3) is 3.79. The third-order valence-electron chi connectivity index (χ3n) is 4.52. The SMILES string of the molecule is O=C(CCNC1CCCc2sc(Cl)cc21)N1CCCCC1. The van der Waals surface area contributed by atoms with Gasteiger partial charge in [-0.1, -0.05) is 11.6 Å². The van der Waals surface area contributed by atoms with E-state index in [1.165, 1.54) is 36.1 Å². The van der Waals surface area contributed by atoms with Crippen molar-refractivity contribution in [1.82, 2.24) is 10.2 Å². The molecule has 3 nitrogen and oxygen atoms in total. The minimum absolute atomic E-state index is 0.307. The van der Waals surface area contributed by atoms with Gasteiger partial charge in [-0.05, 0) is 50.2 Å². The molecule has 1 aromatic rings. The first kappa shape index (κ1) is 15.3. The fourth-order valence-electron chi connectivity index (χ4n) is 3.39. The van der Waals surface area contributed by atoms with Crippen LogP contribution in [-0.2, 0) is 11.2 Å². The van der Waals surface area contributed by atoms with Crippen LogP contribution in [-0.4, -0.2) is 30.4 Å². The van der Waals surface area contributed by atoms with Gasteiger partial charge in [-0.15, -0.1) is 11.3 Å². The van der Waals surface area contributed by atoms with Gasteiger partial charge >= 0.3 is 0 Å². The maximum Gasteiger partial charge on any atom is 0.223 e. The molecule has 1 aliphatic carbocycles. The normalized spacial score (nSPS) is 22.1. The van der Waals surface area contributed by atoms with E-state index in [0.29, 0.717) is 18.4 Å². The molecular weight excluding hydrogens is 304 g/mol. The summed E-state index contributed by atoms with van der Waals surface area (Å²) in [6.07, 6.45) is 7.73. The van der Waals surface area contributed by atoms with E-state index in [1.54, 1.807) is 11.3 Å². The minimum Gasteiger partial charge on any atom is -0.343 e. The second-order valence-electron chi connectivity index (χ2n) is 6.02. The lowest BCUT2D eigenvalue weighted by Gasteiger charge is -2.28. The second kappa shape index (κ2) is 7.12. The molecule has 1 amide bonds. The molecule has 1 atom stereocenters. The van der Waals surface area contributed by atoms with Crippen LogP contribution < -0.4 is 5.32 Å². The Morgan fingerprint density at radius 2 is 2.14 bits per heavy atom. The molecule has 2 heterocycles. The number of thiophene rings is 1. The van der Waals surface area contributed by atoms with Crippen molar-refractivity contribution in [3.05, 3.63) is 20.8 Å². The zero-order valence-corrected chi connectivity index (χ0v) is 13.9. The fourth-order valence-corrected chi connectivity index (χ4v) is 4.77. The van der Waals surface area contributed by atoms with E-state index in [4.69, 9.17) is 11.6 Å². The van der Waals surface area contributed by atoms with Crippen molar-refractivity contribution in [2.75, 3.05) is 19.6 Å². The summed E-state index contributed by atoms with van der Waals surface area (Å²) in [6.45, 7) is 2.67. The summed E-state index contributed by atoms with van der Waals surface area (Å²) >= 11 is 7.84. The van der Waals surface area contributed by atoms with E-state index >= 15 is 0 Å². The summed E-state index contributed by atoms with van der Waals surface area (Å²) in [5.74, 6) is 0.307. The van der Waals surface area contributed by atoms with E-state index < -0.39 is 0 Å². The summed E-state index contributed by atoms with van der Waals surface area (Å²) in [7, 11) is 0. The van der Waals surface area contributed by atoms with Crippen LogP contribution in [0.3, 0.4) is 0 Å². The average Bonchev–Trinajstić information content (AvgIpc) is 2.89. The van der Waals surface area contributed by atoms with Gasteiger partial charge in [0.2, 0.25) is 5.91 Å². The van der Waals surface area contributed by atoms with Crippen LogP contribution >= 0.6 is 22.9 Å². The quantitative estimate of drug-likeness (QED) is 0.913. The van der Waals surface area contributed by atoms with E-state index in [9.17, 15) is 4.79 Å². The molecular formula is C16H23ClN2OS. The highest BCUT2D eigenvalue weighted by Crippen LogP contribution is 2.37. The molecule has 3 rings (SSSR count).